The van der Waals surface area contributed by atoms with Crippen LogP contribution in [0.3, 0.4) is 0 Å². The van der Waals surface area contributed by atoms with Gasteiger partial charge in [0.25, 0.3) is 0 Å². The Kier molecular flexibility index (Phi) is 3.94. The van der Waals surface area contributed by atoms with E-state index in [9.17, 15) is 9.59 Å². The molecule has 1 heterocycles. The van der Waals surface area contributed by atoms with Crippen LogP contribution in [0, 0.1) is 0 Å². The number of carbonyl (C=O) groups is 2. The monoisotopic (exact) mass is 291 g/mol. The number of esters is 1. The first-order chi connectivity index (χ1) is 9.69. The summed E-state index contributed by atoms with van der Waals surface area (Å²) in [5, 5.41) is 0. The van der Waals surface area contributed by atoms with Gasteiger partial charge in [0, 0.05) is 0 Å². The first-order valence-electron chi connectivity index (χ1n) is 6.95. The lowest BCUT2D eigenvalue weighted by atomic mass is 9.97. The third kappa shape index (κ3) is 3.97. The Morgan fingerprint density at radius 1 is 1.14 bits per heavy atom. The van der Waals surface area contributed by atoms with Crippen LogP contribution in [0.15, 0.2) is 30.3 Å². The summed E-state index contributed by atoms with van der Waals surface area (Å²) in [6, 6.07) is 8.82. The molecule has 1 saturated heterocycles. The molecule has 1 aromatic carbocycles. The van der Waals surface area contributed by atoms with E-state index in [1.807, 2.05) is 33.8 Å². The van der Waals surface area contributed by atoms with E-state index in [0.29, 0.717) is 18.7 Å². The highest BCUT2D eigenvalue weighted by Gasteiger charge is 2.46. The van der Waals surface area contributed by atoms with Gasteiger partial charge in [-0.15, -0.1) is 0 Å². The molecule has 0 N–H and O–H groups in total. The molecule has 0 saturated carbocycles. The Morgan fingerprint density at radius 3 is 2.24 bits per heavy atom. The van der Waals surface area contributed by atoms with E-state index in [-0.39, 0.29) is 12.1 Å². The lowest BCUT2D eigenvalue weighted by molar-refractivity contribution is -0.0981. The molecule has 21 heavy (non-hydrogen) atoms. The summed E-state index contributed by atoms with van der Waals surface area (Å²) in [6.07, 6.45) is -0.379. The molecule has 0 aliphatic carbocycles. The minimum absolute atomic E-state index is 0.348. The summed E-state index contributed by atoms with van der Waals surface area (Å²) in [6.45, 7) is 7.97. The van der Waals surface area contributed by atoms with Gasteiger partial charge in [-0.05, 0) is 39.8 Å². The van der Waals surface area contributed by atoms with E-state index in [4.69, 9.17) is 9.47 Å². The number of likely N-dealkylation sites (tertiary alicyclic amines) is 1. The topological polar surface area (TPSA) is 55.8 Å². The molecular formula is C16H21NO4. The van der Waals surface area contributed by atoms with E-state index < -0.39 is 11.2 Å². The third-order valence-corrected chi connectivity index (χ3v) is 3.05. The summed E-state index contributed by atoms with van der Waals surface area (Å²) in [5.41, 5.74) is -0.664. The lowest BCUT2D eigenvalue weighted by Gasteiger charge is -2.46. The number of carbonyl (C=O) groups excluding carboxylic acids is 2. The zero-order valence-corrected chi connectivity index (χ0v) is 12.9. The second kappa shape index (κ2) is 5.39. The van der Waals surface area contributed by atoms with Crippen molar-refractivity contribution in [3.8, 4) is 0 Å². The molecular weight excluding hydrogens is 270 g/mol. The first-order valence-corrected chi connectivity index (χ1v) is 6.95. The molecule has 1 amide bonds. The van der Waals surface area contributed by atoms with Crippen LogP contribution in [-0.4, -0.2) is 41.3 Å². The Balaban J connectivity index is 1.87. The second-order valence-electron chi connectivity index (χ2n) is 6.54. The summed E-state index contributed by atoms with van der Waals surface area (Å²) in [5.74, 6) is -0.373. The van der Waals surface area contributed by atoms with Gasteiger partial charge < -0.3 is 14.4 Å². The maximum Gasteiger partial charge on any atom is 0.410 e. The molecule has 1 aliphatic rings. The van der Waals surface area contributed by atoms with Crippen LogP contribution in [0.5, 0.6) is 0 Å². The highest BCUT2D eigenvalue weighted by molar-refractivity contribution is 5.89. The van der Waals surface area contributed by atoms with Gasteiger partial charge in [0.15, 0.2) is 0 Å². The zero-order valence-electron chi connectivity index (χ0n) is 12.9. The van der Waals surface area contributed by atoms with Crippen LogP contribution in [0.2, 0.25) is 0 Å². The molecule has 5 nitrogen and oxygen atoms in total. The van der Waals surface area contributed by atoms with Crippen molar-refractivity contribution in [1.29, 1.82) is 0 Å². The van der Waals surface area contributed by atoms with Gasteiger partial charge >= 0.3 is 12.1 Å². The van der Waals surface area contributed by atoms with E-state index >= 15 is 0 Å². The average Bonchev–Trinajstić information content (AvgIpc) is 2.34. The lowest BCUT2D eigenvalue weighted by Crippen LogP contribution is -2.64. The Labute approximate surface area is 124 Å². The molecule has 1 fully saturated rings. The molecule has 0 radical (unpaired) electrons. The maximum atomic E-state index is 12.0. The van der Waals surface area contributed by atoms with Gasteiger partial charge in [-0.2, -0.15) is 0 Å². The molecule has 2 rings (SSSR count). The Hall–Kier alpha value is -2.04. The van der Waals surface area contributed by atoms with Crippen LogP contribution in [0.25, 0.3) is 0 Å². The van der Waals surface area contributed by atoms with Crippen LogP contribution in [0.4, 0.5) is 4.79 Å². The normalized spacial score (nSPS) is 16.9. The van der Waals surface area contributed by atoms with Crippen LogP contribution in [0.1, 0.15) is 38.1 Å². The van der Waals surface area contributed by atoms with Gasteiger partial charge in [-0.1, -0.05) is 18.2 Å². The van der Waals surface area contributed by atoms with Crippen molar-refractivity contribution in [2.75, 3.05) is 13.1 Å². The van der Waals surface area contributed by atoms with Crippen LogP contribution >= 0.6 is 0 Å². The number of rotatable bonds is 2. The molecule has 0 aromatic heterocycles. The van der Waals surface area contributed by atoms with Crippen molar-refractivity contribution < 1.29 is 19.1 Å². The number of hydrogen-bond donors (Lipinski definition) is 0. The molecule has 1 aliphatic heterocycles. The molecule has 1 aromatic rings. The number of ether oxygens (including phenoxy) is 2. The van der Waals surface area contributed by atoms with E-state index in [1.54, 1.807) is 24.3 Å². The third-order valence-electron chi connectivity index (χ3n) is 3.05. The fourth-order valence-electron chi connectivity index (χ4n) is 2.14. The standard InChI is InChI=1S/C16H21NO4/c1-15(2,3)21-14(19)17-10-16(4,11-17)20-13(18)12-8-6-5-7-9-12/h5-9H,10-11H2,1-4H3. The fraction of sp³-hybridized carbons (Fsp3) is 0.500. The number of nitrogens with zero attached hydrogens (tertiary/aromatic N) is 1. The quantitative estimate of drug-likeness (QED) is 0.786. The number of hydrogen-bond acceptors (Lipinski definition) is 4. The van der Waals surface area contributed by atoms with Crippen LogP contribution in [-0.2, 0) is 9.47 Å². The summed E-state index contributed by atoms with van der Waals surface area (Å²) in [4.78, 5) is 25.4. The smallest absolute Gasteiger partial charge is 0.410 e. The van der Waals surface area contributed by atoms with Gasteiger partial charge in [0.05, 0.1) is 18.7 Å². The van der Waals surface area contributed by atoms with Gasteiger partial charge in [-0.3, -0.25) is 0 Å². The number of amides is 1. The molecule has 114 valence electrons. The van der Waals surface area contributed by atoms with Gasteiger partial charge in [-0.25, -0.2) is 9.59 Å². The maximum absolute atomic E-state index is 12.0. The summed E-state index contributed by atoms with van der Waals surface area (Å²) < 4.78 is 10.8. The first kappa shape index (κ1) is 15.4. The van der Waals surface area contributed by atoms with Gasteiger partial charge in [0.1, 0.15) is 11.2 Å². The van der Waals surface area contributed by atoms with Crippen molar-refractivity contribution in [2.24, 2.45) is 0 Å². The average molecular weight is 291 g/mol. The van der Waals surface area contributed by atoms with E-state index in [2.05, 4.69) is 0 Å². The van der Waals surface area contributed by atoms with E-state index in [1.165, 1.54) is 4.90 Å². The summed E-state index contributed by atoms with van der Waals surface area (Å²) in [7, 11) is 0. The summed E-state index contributed by atoms with van der Waals surface area (Å²) >= 11 is 0. The Bertz CT molecular complexity index is 527. The van der Waals surface area contributed by atoms with Gasteiger partial charge in [0.2, 0.25) is 0 Å². The minimum atomic E-state index is -0.649. The van der Waals surface area contributed by atoms with Crippen molar-refractivity contribution in [2.45, 2.75) is 38.9 Å². The molecule has 0 bridgehead atoms. The van der Waals surface area contributed by atoms with Crippen molar-refractivity contribution in [3.63, 3.8) is 0 Å². The SMILES string of the molecule is CC(C)(C)OC(=O)N1CC(C)(OC(=O)c2ccccc2)C1. The largest absolute Gasteiger partial charge is 0.452 e. The van der Waals surface area contributed by atoms with Crippen LogP contribution < -0.4 is 0 Å². The van der Waals surface area contributed by atoms with Crippen molar-refractivity contribution in [1.82, 2.24) is 4.90 Å². The highest BCUT2D eigenvalue weighted by atomic mass is 16.6. The zero-order chi connectivity index (χ0) is 15.7. The predicted octanol–water partition coefficient (Wildman–Crippen LogP) is 2.85. The molecule has 0 atom stereocenters. The Morgan fingerprint density at radius 2 is 1.71 bits per heavy atom. The van der Waals surface area contributed by atoms with E-state index in [0.717, 1.165) is 0 Å². The second-order valence-corrected chi connectivity index (χ2v) is 6.54. The molecule has 0 spiro atoms. The number of benzene rings is 1. The highest BCUT2D eigenvalue weighted by Crippen LogP contribution is 2.27. The predicted molar refractivity (Wildman–Crippen MR) is 78.1 cm³/mol. The van der Waals surface area contributed by atoms with Crippen molar-refractivity contribution in [3.05, 3.63) is 35.9 Å². The molecule has 5 heteroatoms. The fourth-order valence-corrected chi connectivity index (χ4v) is 2.14. The minimum Gasteiger partial charge on any atom is -0.452 e. The molecule has 0 unspecified atom stereocenters. The van der Waals surface area contributed by atoms with Crippen molar-refractivity contribution >= 4 is 12.1 Å².